The van der Waals surface area contributed by atoms with Crippen LogP contribution < -0.4 is 5.32 Å². The summed E-state index contributed by atoms with van der Waals surface area (Å²) in [4.78, 5) is 2.72. The van der Waals surface area contributed by atoms with E-state index in [2.05, 4.69) is 37.4 Å². The molecule has 1 aromatic rings. The molecule has 0 bridgehead atoms. The molecule has 0 spiro atoms. The predicted molar refractivity (Wildman–Crippen MR) is 81.4 cm³/mol. The first kappa shape index (κ1) is 14.0. The summed E-state index contributed by atoms with van der Waals surface area (Å²) in [5.41, 5.74) is 1.30. The zero-order chi connectivity index (χ0) is 13.0. The molecule has 18 heavy (non-hydrogen) atoms. The summed E-state index contributed by atoms with van der Waals surface area (Å²) in [5.74, 6) is 0. The molecule has 1 fully saturated rings. The van der Waals surface area contributed by atoms with Crippen LogP contribution in [0, 0.1) is 6.92 Å². The molecule has 98 valence electrons. The van der Waals surface area contributed by atoms with Crippen molar-refractivity contribution in [3.63, 3.8) is 0 Å². The molecule has 1 nitrogen and oxygen atoms in total. The first-order valence-electron chi connectivity index (χ1n) is 6.58. The van der Waals surface area contributed by atoms with Crippen LogP contribution in [0.5, 0.6) is 0 Å². The van der Waals surface area contributed by atoms with Crippen LogP contribution in [-0.2, 0) is 0 Å². The van der Waals surface area contributed by atoms with Crippen molar-refractivity contribution < 1.29 is 0 Å². The van der Waals surface area contributed by atoms with Crippen LogP contribution in [0.4, 0.5) is 0 Å². The minimum Gasteiger partial charge on any atom is -0.309 e. The average Bonchev–Trinajstić information content (AvgIpc) is 2.87. The zero-order valence-electron chi connectivity index (χ0n) is 11.0. The van der Waals surface area contributed by atoms with Crippen LogP contribution >= 0.6 is 23.4 Å². The Morgan fingerprint density at radius 1 is 1.56 bits per heavy atom. The lowest BCUT2D eigenvalue weighted by Gasteiger charge is -2.16. The number of nitrogens with one attached hydrogen (secondary N) is 1. The van der Waals surface area contributed by atoms with Gasteiger partial charge in [0.2, 0.25) is 0 Å². The van der Waals surface area contributed by atoms with Crippen molar-refractivity contribution in [1.82, 2.24) is 5.32 Å². The largest absolute Gasteiger partial charge is 0.309 e. The van der Waals surface area contributed by atoms with Crippen LogP contribution in [0.3, 0.4) is 0 Å². The number of allylic oxidation sites excluding steroid dienone is 1. The van der Waals surface area contributed by atoms with E-state index in [0.717, 1.165) is 18.0 Å². The molecule has 0 amide bonds. The van der Waals surface area contributed by atoms with Gasteiger partial charge in [-0.1, -0.05) is 42.4 Å². The maximum atomic E-state index is 6.09. The number of halogens is 1. The Balaban J connectivity index is 2.18. The average molecular weight is 282 g/mol. The molecule has 0 saturated carbocycles. The maximum Gasteiger partial charge on any atom is 0.0417 e. The minimum absolute atomic E-state index is 0.535. The maximum absolute atomic E-state index is 6.09. The van der Waals surface area contributed by atoms with Gasteiger partial charge in [0.05, 0.1) is 0 Å². The van der Waals surface area contributed by atoms with Gasteiger partial charge in [-0.25, -0.2) is 0 Å². The highest BCUT2D eigenvalue weighted by molar-refractivity contribution is 8.03. The molecule has 1 N–H and O–H groups in total. The van der Waals surface area contributed by atoms with Crippen molar-refractivity contribution in [3.05, 3.63) is 39.8 Å². The molecule has 1 heterocycles. The molecule has 0 aliphatic carbocycles. The van der Waals surface area contributed by atoms with E-state index in [1.165, 1.54) is 28.2 Å². The van der Waals surface area contributed by atoms with Crippen LogP contribution in [0.1, 0.15) is 31.7 Å². The highest BCUT2D eigenvalue weighted by atomic mass is 35.5. The van der Waals surface area contributed by atoms with Crippen molar-refractivity contribution in [2.45, 2.75) is 44.0 Å². The van der Waals surface area contributed by atoms with Gasteiger partial charge in [-0.05, 0) is 50.4 Å². The second kappa shape index (κ2) is 6.65. The lowest BCUT2D eigenvalue weighted by molar-refractivity contribution is 0.715. The normalized spacial score (nSPS) is 20.4. The first-order valence-corrected chi connectivity index (χ1v) is 7.77. The molecule has 1 saturated heterocycles. The Morgan fingerprint density at radius 3 is 3.06 bits per heavy atom. The quantitative estimate of drug-likeness (QED) is 0.797. The Hall–Kier alpha value is -0.440. The number of hydrogen-bond donors (Lipinski definition) is 1. The Kier molecular flexibility index (Phi) is 5.16. The number of benzene rings is 1. The Bertz CT molecular complexity index is 436. The topological polar surface area (TPSA) is 12.0 Å². The Morgan fingerprint density at radius 2 is 2.39 bits per heavy atom. The number of aryl methyl sites for hydroxylation is 1. The minimum atomic E-state index is 0.535. The third kappa shape index (κ3) is 3.53. The van der Waals surface area contributed by atoms with Gasteiger partial charge < -0.3 is 5.32 Å². The predicted octanol–water partition coefficient (Wildman–Crippen LogP) is 4.79. The van der Waals surface area contributed by atoms with Gasteiger partial charge in [0.15, 0.2) is 0 Å². The lowest BCUT2D eigenvalue weighted by atomic mass is 10.2. The molecule has 2 rings (SSSR count). The van der Waals surface area contributed by atoms with E-state index in [4.69, 9.17) is 11.6 Å². The first-order chi connectivity index (χ1) is 8.70. The van der Waals surface area contributed by atoms with E-state index in [-0.39, 0.29) is 0 Å². The molecule has 0 radical (unpaired) electrons. The summed E-state index contributed by atoms with van der Waals surface area (Å²) in [6.07, 6.45) is 5.95. The van der Waals surface area contributed by atoms with Gasteiger partial charge in [-0.15, -0.1) is 0 Å². The van der Waals surface area contributed by atoms with Crippen molar-refractivity contribution in [2.75, 3.05) is 6.54 Å². The van der Waals surface area contributed by atoms with Gasteiger partial charge >= 0.3 is 0 Å². The second-order valence-corrected chi connectivity index (χ2v) is 6.23. The fourth-order valence-corrected chi connectivity index (χ4v) is 3.69. The fourth-order valence-electron chi connectivity index (χ4n) is 2.19. The lowest BCUT2D eigenvalue weighted by Crippen LogP contribution is -2.22. The molecular formula is C15H20ClNS. The number of hydrogen-bond acceptors (Lipinski definition) is 2. The van der Waals surface area contributed by atoms with Crippen molar-refractivity contribution in [1.29, 1.82) is 0 Å². The number of rotatable bonds is 4. The van der Waals surface area contributed by atoms with E-state index in [1.807, 2.05) is 17.8 Å². The summed E-state index contributed by atoms with van der Waals surface area (Å²) in [6.45, 7) is 5.48. The van der Waals surface area contributed by atoms with E-state index in [1.54, 1.807) is 0 Å². The van der Waals surface area contributed by atoms with E-state index in [0.29, 0.717) is 6.04 Å². The van der Waals surface area contributed by atoms with E-state index in [9.17, 15) is 0 Å². The highest BCUT2D eigenvalue weighted by Gasteiger charge is 2.19. The zero-order valence-corrected chi connectivity index (χ0v) is 12.6. The van der Waals surface area contributed by atoms with Crippen LogP contribution in [0.15, 0.2) is 34.1 Å². The summed E-state index contributed by atoms with van der Waals surface area (Å²) in [7, 11) is 0. The molecule has 1 unspecified atom stereocenters. The standard InChI is InChI=1S/C15H20ClNS/c1-3-5-14(13-6-4-9-17-13)18-15-10-12(16)8-7-11(15)2/h5,7-8,10,13,17H,3-4,6,9H2,1-2H3/b14-5+. The summed E-state index contributed by atoms with van der Waals surface area (Å²) >= 11 is 7.95. The third-order valence-electron chi connectivity index (χ3n) is 3.19. The summed E-state index contributed by atoms with van der Waals surface area (Å²) < 4.78 is 0. The van der Waals surface area contributed by atoms with Crippen molar-refractivity contribution in [3.8, 4) is 0 Å². The molecular weight excluding hydrogens is 262 g/mol. The Labute approximate surface area is 119 Å². The van der Waals surface area contributed by atoms with Gasteiger partial charge in [0, 0.05) is 20.9 Å². The molecule has 1 aliphatic heterocycles. The molecule has 1 aromatic carbocycles. The molecule has 1 atom stereocenters. The van der Waals surface area contributed by atoms with Gasteiger partial charge in [0.25, 0.3) is 0 Å². The third-order valence-corrected chi connectivity index (χ3v) is 4.77. The van der Waals surface area contributed by atoms with E-state index >= 15 is 0 Å². The monoisotopic (exact) mass is 281 g/mol. The van der Waals surface area contributed by atoms with Crippen molar-refractivity contribution in [2.24, 2.45) is 0 Å². The molecule has 0 aromatic heterocycles. The smallest absolute Gasteiger partial charge is 0.0417 e. The van der Waals surface area contributed by atoms with Gasteiger partial charge in [-0.2, -0.15) is 0 Å². The van der Waals surface area contributed by atoms with Crippen LogP contribution in [-0.4, -0.2) is 12.6 Å². The second-order valence-electron chi connectivity index (χ2n) is 4.68. The molecule has 1 aliphatic rings. The fraction of sp³-hybridized carbons (Fsp3) is 0.467. The van der Waals surface area contributed by atoms with Crippen LogP contribution in [0.2, 0.25) is 5.02 Å². The van der Waals surface area contributed by atoms with Crippen molar-refractivity contribution >= 4 is 23.4 Å². The number of thioether (sulfide) groups is 1. The van der Waals surface area contributed by atoms with Gasteiger partial charge in [0.1, 0.15) is 0 Å². The molecule has 3 heteroatoms. The highest BCUT2D eigenvalue weighted by Crippen LogP contribution is 2.35. The van der Waals surface area contributed by atoms with Crippen LogP contribution in [0.25, 0.3) is 0 Å². The summed E-state index contributed by atoms with van der Waals surface area (Å²) in [6, 6.07) is 6.65. The summed E-state index contributed by atoms with van der Waals surface area (Å²) in [5, 5.41) is 4.39. The van der Waals surface area contributed by atoms with E-state index < -0.39 is 0 Å². The van der Waals surface area contributed by atoms with Gasteiger partial charge in [-0.3, -0.25) is 0 Å². The SMILES string of the molecule is CC/C=C(/Sc1cc(Cl)ccc1C)C1CCCN1.